The number of thiophene rings is 1. The highest BCUT2D eigenvalue weighted by atomic mass is 35.5. The Labute approximate surface area is 129 Å². The molecule has 3 nitrogen and oxygen atoms in total. The largest absolute Gasteiger partial charge is 0.353 e. The van der Waals surface area contributed by atoms with Crippen LogP contribution in [0.2, 0.25) is 0 Å². The molecule has 0 amide bonds. The molecule has 2 aromatic heterocycles. The van der Waals surface area contributed by atoms with Crippen molar-refractivity contribution in [1.29, 1.82) is 0 Å². The van der Waals surface area contributed by atoms with Gasteiger partial charge in [0.2, 0.25) is 0 Å². The quantitative estimate of drug-likeness (QED) is 0.747. The fraction of sp³-hybridized carbons (Fsp3) is 0.600. The number of nitrogens with zero attached hydrogens (tertiary/aromatic N) is 3. The van der Waals surface area contributed by atoms with Gasteiger partial charge in [0.15, 0.2) is 0 Å². The van der Waals surface area contributed by atoms with Gasteiger partial charge in [0.1, 0.15) is 17.0 Å². The van der Waals surface area contributed by atoms with Crippen LogP contribution in [-0.2, 0) is 6.42 Å². The molecular formula is C15H20ClN3S. The van der Waals surface area contributed by atoms with Gasteiger partial charge in [-0.15, -0.1) is 22.9 Å². The Hall–Kier alpha value is -0.870. The van der Waals surface area contributed by atoms with Crippen LogP contribution in [-0.4, -0.2) is 28.4 Å². The van der Waals surface area contributed by atoms with Gasteiger partial charge in [-0.3, -0.25) is 0 Å². The van der Waals surface area contributed by atoms with Gasteiger partial charge in [-0.1, -0.05) is 6.92 Å². The normalized spacial score (nSPS) is 15.5. The van der Waals surface area contributed by atoms with Crippen molar-refractivity contribution in [2.75, 3.05) is 17.3 Å². The van der Waals surface area contributed by atoms with Gasteiger partial charge in [0.25, 0.3) is 0 Å². The molecule has 20 heavy (non-hydrogen) atoms. The van der Waals surface area contributed by atoms with E-state index < -0.39 is 0 Å². The van der Waals surface area contributed by atoms with E-state index in [1.165, 1.54) is 29.5 Å². The summed E-state index contributed by atoms with van der Waals surface area (Å²) in [7, 11) is 0. The molecule has 0 aromatic carbocycles. The highest BCUT2D eigenvalue weighted by Gasteiger charge is 2.27. The molecule has 2 heterocycles. The third kappa shape index (κ3) is 2.63. The lowest BCUT2D eigenvalue weighted by Gasteiger charge is -2.38. The van der Waals surface area contributed by atoms with E-state index in [2.05, 4.69) is 27.9 Å². The Bertz CT molecular complexity index is 580. The Morgan fingerprint density at radius 1 is 1.40 bits per heavy atom. The van der Waals surface area contributed by atoms with Crippen LogP contribution in [0.4, 0.5) is 5.82 Å². The molecule has 0 spiro atoms. The van der Waals surface area contributed by atoms with E-state index >= 15 is 0 Å². The van der Waals surface area contributed by atoms with Crippen molar-refractivity contribution >= 4 is 39.0 Å². The summed E-state index contributed by atoms with van der Waals surface area (Å²) in [6.45, 7) is 3.19. The van der Waals surface area contributed by atoms with Gasteiger partial charge in [-0.05, 0) is 38.2 Å². The maximum Gasteiger partial charge on any atom is 0.141 e. The standard InChI is InChI=1S/C15H20ClN3S/c1-2-12-9-13-14(17-10-18-15(13)20-12)19(8-4-7-16)11-5-3-6-11/h9-11H,2-8H2,1H3. The number of aryl methyl sites for hydroxylation is 1. The predicted octanol–water partition coefficient (Wildman–Crippen LogP) is 4.24. The summed E-state index contributed by atoms with van der Waals surface area (Å²) in [5.41, 5.74) is 0. The van der Waals surface area contributed by atoms with Gasteiger partial charge < -0.3 is 4.90 Å². The number of halogens is 1. The first-order chi connectivity index (χ1) is 9.83. The predicted molar refractivity (Wildman–Crippen MR) is 87.1 cm³/mol. The molecule has 1 aliphatic rings. The molecule has 5 heteroatoms. The first kappa shape index (κ1) is 14.1. The van der Waals surface area contributed by atoms with Crippen LogP contribution >= 0.6 is 22.9 Å². The number of hydrogen-bond donors (Lipinski definition) is 0. The third-order valence-corrected chi connectivity index (χ3v) is 5.48. The summed E-state index contributed by atoms with van der Waals surface area (Å²) in [4.78, 5) is 14.0. The van der Waals surface area contributed by atoms with E-state index in [-0.39, 0.29) is 0 Å². The van der Waals surface area contributed by atoms with Gasteiger partial charge in [-0.2, -0.15) is 0 Å². The van der Waals surface area contributed by atoms with Crippen molar-refractivity contribution in [2.45, 2.75) is 45.1 Å². The average Bonchev–Trinajstić information content (AvgIpc) is 2.84. The summed E-state index contributed by atoms with van der Waals surface area (Å²) in [5.74, 6) is 1.82. The molecule has 0 atom stereocenters. The van der Waals surface area contributed by atoms with Gasteiger partial charge >= 0.3 is 0 Å². The van der Waals surface area contributed by atoms with Crippen LogP contribution in [0.25, 0.3) is 10.2 Å². The lowest BCUT2D eigenvalue weighted by atomic mass is 9.91. The Morgan fingerprint density at radius 2 is 2.25 bits per heavy atom. The SMILES string of the molecule is CCc1cc2c(N(CCCCl)C3CCC3)ncnc2s1. The molecule has 0 saturated heterocycles. The van der Waals surface area contributed by atoms with E-state index in [9.17, 15) is 0 Å². The molecule has 0 N–H and O–H groups in total. The molecule has 0 bridgehead atoms. The smallest absolute Gasteiger partial charge is 0.141 e. The summed E-state index contributed by atoms with van der Waals surface area (Å²) >= 11 is 7.67. The van der Waals surface area contributed by atoms with Gasteiger partial charge in [0.05, 0.1) is 5.39 Å². The van der Waals surface area contributed by atoms with Crippen molar-refractivity contribution in [3.8, 4) is 0 Å². The number of anilines is 1. The molecule has 0 radical (unpaired) electrons. The maximum atomic E-state index is 5.89. The fourth-order valence-electron chi connectivity index (χ4n) is 2.69. The molecule has 1 aliphatic carbocycles. The summed E-state index contributed by atoms with van der Waals surface area (Å²) in [6, 6.07) is 2.91. The number of rotatable bonds is 6. The van der Waals surface area contributed by atoms with E-state index in [1.807, 2.05) is 0 Å². The molecular weight excluding hydrogens is 290 g/mol. The van der Waals surface area contributed by atoms with Crippen LogP contribution < -0.4 is 4.90 Å². The monoisotopic (exact) mass is 309 g/mol. The number of fused-ring (bicyclic) bond motifs is 1. The van der Waals surface area contributed by atoms with E-state index in [0.29, 0.717) is 11.9 Å². The van der Waals surface area contributed by atoms with Gasteiger partial charge in [-0.25, -0.2) is 9.97 Å². The Balaban J connectivity index is 1.98. The summed E-state index contributed by atoms with van der Waals surface area (Å²) < 4.78 is 0. The molecule has 108 valence electrons. The topological polar surface area (TPSA) is 29.0 Å². The lowest BCUT2D eigenvalue weighted by molar-refractivity contribution is 0.384. The van der Waals surface area contributed by atoms with Crippen LogP contribution in [0.1, 0.15) is 37.5 Å². The minimum Gasteiger partial charge on any atom is -0.353 e. The number of hydrogen-bond acceptors (Lipinski definition) is 4. The zero-order valence-electron chi connectivity index (χ0n) is 11.8. The van der Waals surface area contributed by atoms with Gasteiger partial charge in [0, 0.05) is 23.3 Å². The minimum absolute atomic E-state index is 0.640. The van der Waals surface area contributed by atoms with Crippen LogP contribution in [0, 0.1) is 0 Å². The first-order valence-corrected chi connectivity index (χ1v) is 8.74. The van der Waals surface area contributed by atoms with Crippen molar-refractivity contribution in [2.24, 2.45) is 0 Å². The first-order valence-electron chi connectivity index (χ1n) is 7.39. The lowest BCUT2D eigenvalue weighted by Crippen LogP contribution is -2.41. The van der Waals surface area contributed by atoms with Crippen LogP contribution in [0.5, 0.6) is 0 Å². The third-order valence-electron chi connectivity index (χ3n) is 4.03. The minimum atomic E-state index is 0.640. The van der Waals surface area contributed by atoms with Crippen molar-refractivity contribution < 1.29 is 0 Å². The number of alkyl halides is 1. The summed E-state index contributed by atoms with van der Waals surface area (Å²) in [6.07, 6.45) is 7.66. The average molecular weight is 310 g/mol. The second kappa shape index (κ2) is 6.27. The molecule has 0 aliphatic heterocycles. The summed E-state index contributed by atoms with van der Waals surface area (Å²) in [5, 5.41) is 1.22. The highest BCUT2D eigenvalue weighted by Crippen LogP contribution is 2.35. The van der Waals surface area contributed by atoms with Crippen molar-refractivity contribution in [1.82, 2.24) is 9.97 Å². The molecule has 3 rings (SSSR count). The Kier molecular flexibility index (Phi) is 4.41. The second-order valence-electron chi connectivity index (χ2n) is 5.30. The molecule has 2 aromatic rings. The van der Waals surface area contributed by atoms with Crippen LogP contribution in [0.15, 0.2) is 12.4 Å². The molecule has 1 fully saturated rings. The second-order valence-corrected chi connectivity index (χ2v) is 6.80. The highest BCUT2D eigenvalue weighted by molar-refractivity contribution is 7.18. The maximum absolute atomic E-state index is 5.89. The molecule has 0 unspecified atom stereocenters. The number of aromatic nitrogens is 2. The van der Waals surface area contributed by atoms with E-state index in [4.69, 9.17) is 11.6 Å². The zero-order valence-corrected chi connectivity index (χ0v) is 13.4. The van der Waals surface area contributed by atoms with E-state index in [0.717, 1.165) is 30.0 Å². The van der Waals surface area contributed by atoms with Crippen LogP contribution in [0.3, 0.4) is 0 Å². The van der Waals surface area contributed by atoms with E-state index in [1.54, 1.807) is 17.7 Å². The zero-order chi connectivity index (χ0) is 13.9. The van der Waals surface area contributed by atoms with Crippen molar-refractivity contribution in [3.05, 3.63) is 17.3 Å². The fourth-order valence-corrected chi connectivity index (χ4v) is 3.73. The van der Waals surface area contributed by atoms with Crippen molar-refractivity contribution in [3.63, 3.8) is 0 Å². The Morgan fingerprint density at radius 3 is 2.90 bits per heavy atom. The molecule has 1 saturated carbocycles.